The van der Waals surface area contributed by atoms with Crippen LogP contribution in [0, 0.1) is 0 Å². The molecule has 2 atom stereocenters. The minimum absolute atomic E-state index is 0.333. The molecule has 4 nitrogen and oxygen atoms in total. The van der Waals surface area contributed by atoms with Crippen LogP contribution in [0.5, 0.6) is 0 Å². The molecular formula is C13H16N4. The fourth-order valence-corrected chi connectivity index (χ4v) is 2.58. The van der Waals surface area contributed by atoms with Crippen molar-refractivity contribution in [2.24, 2.45) is 5.73 Å². The van der Waals surface area contributed by atoms with Gasteiger partial charge in [0.2, 0.25) is 0 Å². The van der Waals surface area contributed by atoms with Gasteiger partial charge in [-0.05, 0) is 31.4 Å². The highest BCUT2D eigenvalue weighted by atomic mass is 15.4. The van der Waals surface area contributed by atoms with Crippen LogP contribution in [-0.4, -0.2) is 21.0 Å². The highest BCUT2D eigenvalue weighted by molar-refractivity contribution is 5.32. The molecule has 88 valence electrons. The Kier molecular flexibility index (Phi) is 2.65. The number of hydrogen-bond acceptors (Lipinski definition) is 3. The van der Waals surface area contributed by atoms with Crippen LogP contribution in [0.25, 0.3) is 5.69 Å². The fraction of sp³-hybridized carbons (Fsp3) is 0.385. The van der Waals surface area contributed by atoms with E-state index in [0.29, 0.717) is 12.0 Å². The van der Waals surface area contributed by atoms with E-state index in [9.17, 15) is 0 Å². The quantitative estimate of drug-likeness (QED) is 0.853. The number of aromatic nitrogens is 3. The molecule has 1 aromatic carbocycles. The summed E-state index contributed by atoms with van der Waals surface area (Å²) in [5.74, 6) is 0.500. The number of rotatable bonds is 2. The Balaban J connectivity index is 1.95. The van der Waals surface area contributed by atoms with Crippen molar-refractivity contribution < 1.29 is 0 Å². The average molecular weight is 228 g/mol. The first kappa shape index (κ1) is 10.5. The average Bonchev–Trinajstić information content (AvgIpc) is 2.98. The summed E-state index contributed by atoms with van der Waals surface area (Å²) in [4.78, 5) is 0. The largest absolute Gasteiger partial charge is 0.328 e. The normalized spacial score (nSPS) is 24.1. The molecule has 0 saturated heterocycles. The number of para-hydroxylation sites is 1. The van der Waals surface area contributed by atoms with Crippen LogP contribution in [0.2, 0.25) is 0 Å². The van der Waals surface area contributed by atoms with Crippen molar-refractivity contribution in [2.75, 3.05) is 0 Å². The van der Waals surface area contributed by atoms with Crippen molar-refractivity contribution in [2.45, 2.75) is 31.2 Å². The molecular weight excluding hydrogens is 212 g/mol. The Morgan fingerprint density at radius 3 is 2.71 bits per heavy atom. The van der Waals surface area contributed by atoms with E-state index in [4.69, 9.17) is 5.73 Å². The summed E-state index contributed by atoms with van der Waals surface area (Å²) < 4.78 is 1.93. The third-order valence-electron chi connectivity index (χ3n) is 3.47. The van der Waals surface area contributed by atoms with Crippen molar-refractivity contribution >= 4 is 0 Å². The molecule has 0 amide bonds. The van der Waals surface area contributed by atoms with E-state index in [1.54, 1.807) is 0 Å². The van der Waals surface area contributed by atoms with E-state index in [1.165, 1.54) is 5.69 Å². The number of nitrogens with zero attached hydrogens (tertiary/aromatic N) is 3. The van der Waals surface area contributed by atoms with Crippen LogP contribution < -0.4 is 5.73 Å². The molecule has 0 aliphatic heterocycles. The Morgan fingerprint density at radius 1 is 1.18 bits per heavy atom. The predicted octanol–water partition coefficient (Wildman–Crippen LogP) is 1.86. The first-order valence-electron chi connectivity index (χ1n) is 6.06. The fourth-order valence-electron chi connectivity index (χ4n) is 2.58. The second-order valence-corrected chi connectivity index (χ2v) is 4.68. The zero-order valence-corrected chi connectivity index (χ0v) is 9.66. The summed E-state index contributed by atoms with van der Waals surface area (Å²) in [6, 6.07) is 10.5. The van der Waals surface area contributed by atoms with Crippen LogP contribution in [0.3, 0.4) is 0 Å². The molecule has 4 heteroatoms. The lowest BCUT2D eigenvalue weighted by Crippen LogP contribution is -2.15. The summed E-state index contributed by atoms with van der Waals surface area (Å²) >= 11 is 0. The van der Waals surface area contributed by atoms with Gasteiger partial charge in [-0.3, -0.25) is 0 Å². The zero-order valence-electron chi connectivity index (χ0n) is 9.66. The first-order chi connectivity index (χ1) is 8.34. The molecule has 0 bridgehead atoms. The lowest BCUT2D eigenvalue weighted by molar-refractivity contribution is 0.632. The predicted molar refractivity (Wildman–Crippen MR) is 65.9 cm³/mol. The topological polar surface area (TPSA) is 56.7 Å². The van der Waals surface area contributed by atoms with Crippen LogP contribution in [0.15, 0.2) is 36.5 Å². The summed E-state index contributed by atoms with van der Waals surface area (Å²) in [6.07, 6.45) is 5.15. The van der Waals surface area contributed by atoms with E-state index in [2.05, 4.69) is 10.3 Å². The van der Waals surface area contributed by atoms with Crippen LogP contribution in [0.4, 0.5) is 0 Å². The summed E-state index contributed by atoms with van der Waals surface area (Å²) in [6.45, 7) is 0. The number of nitrogens with two attached hydrogens (primary N) is 1. The van der Waals surface area contributed by atoms with Gasteiger partial charge in [0.25, 0.3) is 0 Å². The van der Waals surface area contributed by atoms with Gasteiger partial charge < -0.3 is 5.73 Å². The maximum Gasteiger partial charge on any atom is 0.0732 e. The van der Waals surface area contributed by atoms with Crippen LogP contribution in [-0.2, 0) is 0 Å². The van der Waals surface area contributed by atoms with Gasteiger partial charge >= 0.3 is 0 Å². The smallest absolute Gasteiger partial charge is 0.0732 e. The molecule has 2 N–H and O–H groups in total. The molecule has 3 rings (SSSR count). The van der Waals surface area contributed by atoms with E-state index >= 15 is 0 Å². The Labute approximate surface area is 100 Å². The number of hydrogen-bond donors (Lipinski definition) is 1. The second kappa shape index (κ2) is 4.30. The highest BCUT2D eigenvalue weighted by Gasteiger charge is 2.26. The monoisotopic (exact) mass is 228 g/mol. The van der Waals surface area contributed by atoms with E-state index in [0.717, 1.165) is 24.9 Å². The molecule has 17 heavy (non-hydrogen) atoms. The summed E-state index contributed by atoms with van der Waals surface area (Å²) in [7, 11) is 0. The van der Waals surface area contributed by atoms with Crippen molar-refractivity contribution in [1.29, 1.82) is 0 Å². The first-order valence-corrected chi connectivity index (χ1v) is 6.06. The molecule has 2 unspecified atom stereocenters. The SMILES string of the molecule is NC1CCC(c2cnnn2-c2ccccc2)C1. The van der Waals surface area contributed by atoms with Crippen molar-refractivity contribution in [3.8, 4) is 5.69 Å². The van der Waals surface area contributed by atoms with Gasteiger partial charge in [-0.2, -0.15) is 0 Å². The summed E-state index contributed by atoms with van der Waals surface area (Å²) in [5.41, 5.74) is 8.22. The minimum Gasteiger partial charge on any atom is -0.328 e. The molecule has 1 aliphatic carbocycles. The molecule has 0 radical (unpaired) electrons. The van der Waals surface area contributed by atoms with Crippen LogP contribution >= 0.6 is 0 Å². The zero-order chi connectivity index (χ0) is 11.7. The van der Waals surface area contributed by atoms with Crippen molar-refractivity contribution in [3.63, 3.8) is 0 Å². The second-order valence-electron chi connectivity index (χ2n) is 4.68. The molecule has 1 saturated carbocycles. The van der Waals surface area contributed by atoms with Crippen molar-refractivity contribution in [1.82, 2.24) is 15.0 Å². The molecule has 1 heterocycles. The minimum atomic E-state index is 0.333. The third-order valence-corrected chi connectivity index (χ3v) is 3.47. The van der Waals surface area contributed by atoms with Crippen molar-refractivity contribution in [3.05, 3.63) is 42.2 Å². The summed E-state index contributed by atoms with van der Waals surface area (Å²) in [5, 5.41) is 8.22. The third kappa shape index (κ3) is 1.96. The standard InChI is InChI=1S/C13H16N4/c14-11-7-6-10(8-11)13-9-15-16-17(13)12-4-2-1-3-5-12/h1-5,9-11H,6-8,14H2. The Hall–Kier alpha value is -1.68. The lowest BCUT2D eigenvalue weighted by Gasteiger charge is -2.11. The molecule has 1 aliphatic rings. The van der Waals surface area contributed by atoms with E-state index < -0.39 is 0 Å². The van der Waals surface area contributed by atoms with Gasteiger partial charge in [0.1, 0.15) is 0 Å². The molecule has 2 aromatic rings. The number of benzene rings is 1. The van der Waals surface area contributed by atoms with Gasteiger partial charge in [-0.1, -0.05) is 23.4 Å². The maximum atomic E-state index is 5.97. The maximum absolute atomic E-state index is 5.97. The van der Waals surface area contributed by atoms with Gasteiger partial charge in [0.05, 0.1) is 17.6 Å². The van der Waals surface area contributed by atoms with E-state index in [1.807, 2.05) is 41.2 Å². The highest BCUT2D eigenvalue weighted by Crippen LogP contribution is 2.33. The van der Waals surface area contributed by atoms with Gasteiger partial charge in [-0.15, -0.1) is 5.10 Å². The Morgan fingerprint density at radius 2 is 2.00 bits per heavy atom. The van der Waals surface area contributed by atoms with Gasteiger partial charge in [-0.25, -0.2) is 4.68 Å². The van der Waals surface area contributed by atoms with Gasteiger partial charge in [0.15, 0.2) is 0 Å². The lowest BCUT2D eigenvalue weighted by atomic mass is 10.0. The molecule has 1 aromatic heterocycles. The van der Waals surface area contributed by atoms with E-state index in [-0.39, 0.29) is 0 Å². The van der Waals surface area contributed by atoms with Gasteiger partial charge in [0, 0.05) is 12.0 Å². The molecule has 1 fully saturated rings. The molecule has 0 spiro atoms. The van der Waals surface area contributed by atoms with Crippen LogP contribution in [0.1, 0.15) is 30.9 Å². The Bertz CT molecular complexity index is 491.